The highest BCUT2D eigenvalue weighted by Gasteiger charge is 2.57. The summed E-state index contributed by atoms with van der Waals surface area (Å²) in [6, 6.07) is 27.6. The molecule has 0 radical (unpaired) electrons. The molecule has 9 amide bonds. The van der Waals surface area contributed by atoms with Crippen molar-refractivity contribution in [3.05, 3.63) is 343 Å². The first-order valence-corrected chi connectivity index (χ1v) is 51.7. The average Bonchev–Trinajstić information content (AvgIpc) is 1.67. The van der Waals surface area contributed by atoms with Crippen molar-refractivity contribution in [3.63, 3.8) is 0 Å². The second-order valence-corrected chi connectivity index (χ2v) is 44.2. The molecular weight excluding hydrogens is 2070 g/mol. The van der Waals surface area contributed by atoms with Crippen LogP contribution in [0.4, 0.5) is 26.3 Å². The van der Waals surface area contributed by atoms with Gasteiger partial charge in [0.05, 0.1) is 104 Å². The monoisotopic (exact) mass is 2210 g/mol. The number of carbonyl (C=O) groups is 10. The fourth-order valence-corrected chi connectivity index (χ4v) is 19.6. The number of amides is 9. The van der Waals surface area contributed by atoms with Gasteiger partial charge < -0.3 is 29.2 Å². The van der Waals surface area contributed by atoms with Crippen molar-refractivity contribution in [2.24, 2.45) is 0 Å². The molecule has 804 valence electrons. The van der Waals surface area contributed by atoms with E-state index < -0.39 is 96.6 Å². The second kappa shape index (κ2) is 50.0. The second-order valence-electron chi connectivity index (χ2n) is 40.3. The van der Waals surface area contributed by atoms with Gasteiger partial charge in [0.15, 0.2) is 0 Å². The maximum atomic E-state index is 14.4. The van der Waals surface area contributed by atoms with E-state index in [1.807, 2.05) is 61.5 Å². The van der Waals surface area contributed by atoms with E-state index in [9.17, 15) is 101 Å². The summed E-state index contributed by atoms with van der Waals surface area (Å²) in [5.74, 6) is -6.26. The molecule has 0 saturated heterocycles. The Morgan fingerprint density at radius 3 is 0.852 bits per heavy atom. The number of aromatic carboxylic acids is 1. The van der Waals surface area contributed by atoms with Crippen LogP contribution in [0.1, 0.15) is 275 Å². The summed E-state index contributed by atoms with van der Waals surface area (Å²) in [4.78, 5) is 123. The van der Waals surface area contributed by atoms with E-state index in [-0.39, 0.29) is 88.0 Å². The van der Waals surface area contributed by atoms with Gasteiger partial charge >= 0.3 is 12.4 Å². The van der Waals surface area contributed by atoms with Crippen molar-refractivity contribution in [1.82, 2.24) is 24.9 Å². The SMILES string of the molecule is C=CC(=O)NCCC[NH+](C)C.CN1C(=O)c2ccc(C(C)(c3ccc4c(c3)C(=O)N(C)C4=O)C(F)(F)F)cc2C1=O.CN1C(=O)c2ccc(C(C)(c3ccc4c(c3)C(=O)N(C)C4=O)C(F)(F)F)cc2C1=O.C[N+](C)(C)C.Cc1c(C)c(C)c(C)c(C)c1C.Cc1c(C)c(C)c(S(=O)(=O)O)c(C)c1C.Cc1c(C)c(C)c(S(=O)(=O)[O-])c(C)c1C.Cc1cc(C)c(C)c(C)c1C.Cc1cc(C)cc(C(=O)[O-])c1.Cc1ccc(I)c(C)c1. The van der Waals surface area contributed by atoms with Crippen LogP contribution in [0.3, 0.4) is 0 Å². The molecule has 0 atom stereocenters. The predicted octanol–water partition coefficient (Wildman–Crippen LogP) is 20.1. The highest BCUT2D eigenvalue weighted by molar-refractivity contribution is 14.1. The van der Waals surface area contributed by atoms with Crippen molar-refractivity contribution in [3.8, 4) is 0 Å². The number of imide groups is 4. The molecule has 4 heterocycles. The minimum Gasteiger partial charge on any atom is -0.744 e. The van der Waals surface area contributed by atoms with Gasteiger partial charge in [-0.25, -0.2) is 8.42 Å². The zero-order valence-electron chi connectivity index (χ0n) is 92.6. The number of nitrogens with zero attached hydrogens (tertiary/aromatic N) is 5. The molecule has 3 N–H and O–H groups in total. The molecule has 33 heteroatoms. The van der Waals surface area contributed by atoms with Gasteiger partial charge in [-0.15, -0.1) is 0 Å². The number of carbonyl (C=O) groups excluding carboxylic acids is 10. The summed E-state index contributed by atoms with van der Waals surface area (Å²) in [6.45, 7) is 57.3. The van der Waals surface area contributed by atoms with Crippen molar-refractivity contribution >= 4 is 102 Å². The van der Waals surface area contributed by atoms with Gasteiger partial charge in [0.1, 0.15) is 25.8 Å². The van der Waals surface area contributed by atoms with Crippen LogP contribution >= 0.6 is 22.6 Å². The zero-order chi connectivity index (χ0) is 115. The molecule has 0 aromatic heterocycles. The number of aryl methyl sites for hydroxylation is 6. The number of rotatable bonds is 12. The predicted molar refractivity (Wildman–Crippen MR) is 578 cm³/mol. The van der Waals surface area contributed by atoms with E-state index in [4.69, 9.17) is 4.55 Å². The lowest BCUT2D eigenvalue weighted by Crippen LogP contribution is -3.05. The van der Waals surface area contributed by atoms with Crippen LogP contribution in [-0.2, 0) is 35.9 Å². The highest BCUT2D eigenvalue weighted by Crippen LogP contribution is 2.50. The lowest BCUT2D eigenvalue weighted by Gasteiger charge is -2.33. The van der Waals surface area contributed by atoms with Crippen LogP contribution in [0.25, 0.3) is 0 Å². The Hall–Kier alpha value is -12.5. The molecule has 0 unspecified atom stereocenters. The molecule has 0 saturated carbocycles. The van der Waals surface area contributed by atoms with Crippen molar-refractivity contribution in [1.29, 1.82) is 0 Å². The van der Waals surface area contributed by atoms with E-state index >= 15 is 0 Å². The molecule has 0 spiro atoms. The molecule has 10 aromatic rings. The molecule has 14 rings (SSSR count). The molecule has 10 aromatic carbocycles. The van der Waals surface area contributed by atoms with Gasteiger partial charge in [-0.3, -0.25) is 67.3 Å². The summed E-state index contributed by atoms with van der Waals surface area (Å²) >= 11 is 2.34. The third kappa shape index (κ3) is 29.2. The Labute approximate surface area is 888 Å². The van der Waals surface area contributed by atoms with Crippen molar-refractivity contribution in [2.45, 2.75) is 226 Å². The largest absolute Gasteiger partial charge is 0.744 e. The quantitative estimate of drug-likeness (QED) is 0.0195. The van der Waals surface area contributed by atoms with Gasteiger partial charge in [0, 0.05) is 44.7 Å². The van der Waals surface area contributed by atoms with Crippen LogP contribution in [0.15, 0.2) is 138 Å². The Morgan fingerprint density at radius 2 is 0.631 bits per heavy atom. The lowest BCUT2D eigenvalue weighted by atomic mass is 9.74. The van der Waals surface area contributed by atoms with Crippen LogP contribution in [0.5, 0.6) is 0 Å². The maximum absolute atomic E-state index is 14.4. The van der Waals surface area contributed by atoms with Gasteiger partial charge in [-0.2, -0.15) is 34.8 Å². The van der Waals surface area contributed by atoms with E-state index in [1.54, 1.807) is 39.8 Å². The highest BCUT2D eigenvalue weighted by atomic mass is 127. The topological polar surface area (TPSA) is 335 Å². The Morgan fingerprint density at radius 1 is 0.383 bits per heavy atom. The first-order valence-electron chi connectivity index (χ1n) is 47.8. The summed E-state index contributed by atoms with van der Waals surface area (Å²) < 4.78 is 154. The van der Waals surface area contributed by atoms with Crippen molar-refractivity contribution < 1.29 is 115 Å². The number of carboxylic acid groups (broad SMARTS) is 1. The number of hydrogen-bond donors (Lipinski definition) is 3. The Bertz CT molecular complexity index is 6560. The molecule has 24 nitrogen and oxygen atoms in total. The maximum Gasteiger partial charge on any atom is 0.402 e. The molecular formula is C116H142F6IN7O17S2. The first kappa shape index (κ1) is 127. The number of fused-ring (bicyclic) bond motifs is 4. The van der Waals surface area contributed by atoms with Gasteiger partial charge in [0.25, 0.3) is 57.4 Å². The summed E-state index contributed by atoms with van der Waals surface area (Å²) in [5.41, 5.74) is 22.4. The Balaban J connectivity index is 0.000000303. The van der Waals surface area contributed by atoms with E-state index in [0.717, 1.165) is 150 Å². The van der Waals surface area contributed by atoms with E-state index in [1.165, 1.54) is 139 Å². The van der Waals surface area contributed by atoms with Crippen LogP contribution in [0.2, 0.25) is 0 Å². The number of nitrogens with one attached hydrogen (secondary N) is 2. The van der Waals surface area contributed by atoms with E-state index in [2.05, 4.69) is 191 Å². The number of hydrogen-bond acceptors (Lipinski definition) is 16. The summed E-state index contributed by atoms with van der Waals surface area (Å²) in [6.07, 6.45) is -7.29. The average molecular weight is 2210 g/mol. The normalized spacial score (nSPS) is 13.0. The number of halogens is 7. The number of alkyl halides is 6. The molecule has 0 fully saturated rings. The minimum atomic E-state index is -4.80. The zero-order valence-corrected chi connectivity index (χ0v) is 96.3. The number of carboxylic acids is 1. The fourth-order valence-electron chi connectivity index (χ4n) is 17.1. The van der Waals surface area contributed by atoms with Gasteiger partial charge in [-0.05, 0) is 420 Å². The molecule has 149 heavy (non-hydrogen) atoms. The van der Waals surface area contributed by atoms with E-state index in [0.29, 0.717) is 22.3 Å². The molecule has 0 aliphatic carbocycles. The Kier molecular flexibility index (Phi) is 42.6. The fraction of sp³-hybridized carbons (Fsp3) is 0.379. The van der Waals surface area contributed by atoms with Crippen LogP contribution in [0, 0.1) is 177 Å². The van der Waals surface area contributed by atoms with Crippen LogP contribution < -0.4 is 15.3 Å². The van der Waals surface area contributed by atoms with Crippen molar-refractivity contribution in [2.75, 3.05) is 83.6 Å². The number of benzene rings is 10. The molecule has 0 bridgehead atoms. The van der Waals surface area contributed by atoms with Gasteiger partial charge in [-0.1, -0.05) is 83.9 Å². The smallest absolute Gasteiger partial charge is 0.402 e. The third-order valence-electron chi connectivity index (χ3n) is 28.4. The third-order valence-corrected chi connectivity index (χ3v) is 31.8. The summed E-state index contributed by atoms with van der Waals surface area (Å²) in [5, 5.41) is 13.1. The number of quaternary nitrogens is 2. The standard InChI is InChI=1S/2C21H15F3N2O4.C12H18.2C11H16O3S.C11H16.C9H10O2.C8H9I.C8H16N2O.C4H12N/c2*1-20(21(22,23)24,10-4-6-12-14(8-10)18(29)25(2)16(12)27)11-5-7-13-15(9-11)19(30)26(3)17(13)28;1-7-8(2)10(4)12(6)11(5)9(7)3;2*1-6-7(2)9(4)11(15(12,13)14)10(5)8(6)3;1-7-6-8(2)10(4)11(5)9(7)3;1-6-3-7(2)5-8(4-6)9(10)11;1-6-3-4-8(9)7(2)5-6;1-4-8(11)9-6-5-7-10(2)3;1-5(2,3)4/h2*4-9H,1-3H3;1-6H3;2*1-5H3,(H,12,13,14);6H,1-5H3;3-5H,1-2H3,(H,10,11);3-5H,1-2H3;4H,1,5-7H2,2-3H3,(H,9,11);1-4H3/q;;;;;;;;;+1/p-1. The first-order chi connectivity index (χ1) is 68.1. The molecule has 4 aliphatic rings. The van der Waals surface area contributed by atoms with Crippen LogP contribution in [-0.4, -0.2) is 205 Å². The molecule has 4 aliphatic heterocycles. The summed E-state index contributed by atoms with van der Waals surface area (Å²) in [7, 11) is 9.21. The van der Waals surface area contributed by atoms with Gasteiger partial charge in [0.2, 0.25) is 5.91 Å². The minimum absolute atomic E-state index is 0.0344. The lowest BCUT2D eigenvalue weighted by molar-refractivity contribution is -0.858.